The molecule has 9 heteroatoms. The van der Waals surface area contributed by atoms with E-state index in [1.54, 1.807) is 35.1 Å². The van der Waals surface area contributed by atoms with Crippen molar-refractivity contribution in [3.05, 3.63) is 46.9 Å². The van der Waals surface area contributed by atoms with Crippen molar-refractivity contribution in [2.75, 3.05) is 13.1 Å². The first-order chi connectivity index (χ1) is 13.5. The van der Waals surface area contributed by atoms with Gasteiger partial charge in [0.25, 0.3) is 11.8 Å². The lowest BCUT2D eigenvalue weighted by molar-refractivity contribution is 0.0672. The SMILES string of the molecule is CC(C)c1noc(-c2cn([C@@H]3CCCN(C(=O)c4ccc(Cl)cc4)C3)nn2)n1. The highest BCUT2D eigenvalue weighted by atomic mass is 35.5. The van der Waals surface area contributed by atoms with E-state index in [1.807, 2.05) is 18.7 Å². The zero-order valence-corrected chi connectivity index (χ0v) is 16.5. The molecular formula is C19H21ClN6O2. The van der Waals surface area contributed by atoms with Gasteiger partial charge in [-0.05, 0) is 37.1 Å². The summed E-state index contributed by atoms with van der Waals surface area (Å²) < 4.78 is 7.07. The molecule has 1 aliphatic rings. The van der Waals surface area contributed by atoms with Gasteiger partial charge < -0.3 is 9.42 Å². The Bertz CT molecular complexity index is 965. The monoisotopic (exact) mass is 400 g/mol. The third kappa shape index (κ3) is 3.77. The maximum absolute atomic E-state index is 12.8. The maximum Gasteiger partial charge on any atom is 0.280 e. The second-order valence-electron chi connectivity index (χ2n) is 7.25. The largest absolute Gasteiger partial charge is 0.337 e. The number of hydrogen-bond donors (Lipinski definition) is 0. The highest BCUT2D eigenvalue weighted by molar-refractivity contribution is 6.30. The van der Waals surface area contributed by atoms with Crippen LogP contribution in [0.5, 0.6) is 0 Å². The van der Waals surface area contributed by atoms with Crippen molar-refractivity contribution >= 4 is 17.5 Å². The van der Waals surface area contributed by atoms with Gasteiger partial charge in [-0.3, -0.25) is 4.79 Å². The second kappa shape index (κ2) is 7.71. The Labute approximate surface area is 167 Å². The summed E-state index contributed by atoms with van der Waals surface area (Å²) in [4.78, 5) is 19.0. The van der Waals surface area contributed by atoms with Gasteiger partial charge in [-0.2, -0.15) is 4.98 Å². The molecule has 3 heterocycles. The fourth-order valence-corrected chi connectivity index (χ4v) is 3.38. The highest BCUT2D eigenvalue weighted by Gasteiger charge is 2.27. The molecule has 0 bridgehead atoms. The van der Waals surface area contributed by atoms with E-state index in [0.717, 1.165) is 19.4 Å². The number of likely N-dealkylation sites (tertiary alicyclic amines) is 1. The number of hydrogen-bond acceptors (Lipinski definition) is 6. The highest BCUT2D eigenvalue weighted by Crippen LogP contribution is 2.25. The molecule has 8 nitrogen and oxygen atoms in total. The first-order valence-electron chi connectivity index (χ1n) is 9.32. The molecule has 3 aromatic rings. The number of piperidine rings is 1. The Balaban J connectivity index is 1.48. The van der Waals surface area contributed by atoms with Crippen molar-refractivity contribution in [3.8, 4) is 11.6 Å². The van der Waals surface area contributed by atoms with Gasteiger partial charge in [-0.25, -0.2) is 4.68 Å². The molecular weight excluding hydrogens is 380 g/mol. The van der Waals surface area contributed by atoms with Gasteiger partial charge in [-0.1, -0.05) is 35.8 Å². The van der Waals surface area contributed by atoms with E-state index in [9.17, 15) is 4.79 Å². The average Bonchev–Trinajstić information content (AvgIpc) is 3.38. The second-order valence-corrected chi connectivity index (χ2v) is 7.69. The van der Waals surface area contributed by atoms with Crippen LogP contribution in [0.3, 0.4) is 0 Å². The molecule has 146 valence electrons. The summed E-state index contributed by atoms with van der Waals surface area (Å²) in [5, 5.41) is 13.0. The van der Waals surface area contributed by atoms with E-state index >= 15 is 0 Å². The minimum Gasteiger partial charge on any atom is -0.337 e. The third-order valence-electron chi connectivity index (χ3n) is 4.84. The van der Waals surface area contributed by atoms with Crippen molar-refractivity contribution in [2.45, 2.75) is 38.6 Å². The van der Waals surface area contributed by atoms with Crippen molar-refractivity contribution in [1.82, 2.24) is 30.0 Å². The molecule has 0 aliphatic carbocycles. The first-order valence-corrected chi connectivity index (χ1v) is 9.69. The Kier molecular flexibility index (Phi) is 5.13. The van der Waals surface area contributed by atoms with Gasteiger partial charge >= 0.3 is 0 Å². The van der Waals surface area contributed by atoms with E-state index in [-0.39, 0.29) is 17.9 Å². The van der Waals surface area contributed by atoms with Gasteiger partial charge in [0.05, 0.1) is 12.2 Å². The standard InChI is InChI=1S/C19H21ClN6O2/c1-12(2)17-21-18(28-23-17)16-11-26(24-22-16)15-4-3-9-25(10-15)19(27)13-5-7-14(20)8-6-13/h5-8,11-12,15H,3-4,9-10H2,1-2H3/t15-/m1/s1. The van der Waals surface area contributed by atoms with Gasteiger partial charge in [0.15, 0.2) is 11.5 Å². The lowest BCUT2D eigenvalue weighted by Crippen LogP contribution is -2.40. The fourth-order valence-electron chi connectivity index (χ4n) is 3.26. The molecule has 1 saturated heterocycles. The zero-order valence-electron chi connectivity index (χ0n) is 15.7. The van der Waals surface area contributed by atoms with Crippen LogP contribution in [0.1, 0.15) is 54.8 Å². The van der Waals surface area contributed by atoms with Crippen LogP contribution in [0.15, 0.2) is 35.0 Å². The molecule has 0 radical (unpaired) electrons. The van der Waals surface area contributed by atoms with Crippen molar-refractivity contribution in [1.29, 1.82) is 0 Å². The molecule has 2 aromatic heterocycles. The average molecular weight is 401 g/mol. The summed E-state index contributed by atoms with van der Waals surface area (Å²) in [5.74, 6) is 1.18. The number of nitrogens with zero attached hydrogens (tertiary/aromatic N) is 6. The van der Waals surface area contributed by atoms with Crippen LogP contribution in [-0.2, 0) is 0 Å². The summed E-state index contributed by atoms with van der Waals surface area (Å²) >= 11 is 5.92. The predicted molar refractivity (Wildman–Crippen MR) is 103 cm³/mol. The summed E-state index contributed by atoms with van der Waals surface area (Å²) in [6.45, 7) is 5.30. The smallest absolute Gasteiger partial charge is 0.280 e. The molecule has 28 heavy (non-hydrogen) atoms. The number of aromatic nitrogens is 5. The van der Waals surface area contributed by atoms with Crippen molar-refractivity contribution < 1.29 is 9.32 Å². The molecule has 1 amide bonds. The van der Waals surface area contributed by atoms with Crippen LogP contribution in [-0.4, -0.2) is 49.0 Å². The van der Waals surface area contributed by atoms with E-state index in [1.165, 1.54) is 0 Å². The molecule has 4 rings (SSSR count). The minimum absolute atomic E-state index is 0.000168. The molecule has 0 unspecified atom stereocenters. The number of benzene rings is 1. The first kappa shape index (κ1) is 18.6. The molecule has 0 N–H and O–H groups in total. The van der Waals surface area contributed by atoms with Crippen LogP contribution in [0.25, 0.3) is 11.6 Å². The molecule has 0 saturated carbocycles. The third-order valence-corrected chi connectivity index (χ3v) is 5.09. The summed E-state index contributed by atoms with van der Waals surface area (Å²) in [7, 11) is 0. The van der Waals surface area contributed by atoms with Gasteiger partial charge in [0.1, 0.15) is 0 Å². The minimum atomic E-state index is 0.000168. The number of rotatable bonds is 4. The Morgan fingerprint density at radius 1 is 1.29 bits per heavy atom. The molecule has 1 aromatic carbocycles. The van der Waals surface area contributed by atoms with E-state index in [2.05, 4.69) is 20.5 Å². The fraction of sp³-hybridized carbons (Fsp3) is 0.421. The topological polar surface area (TPSA) is 89.9 Å². The van der Waals surface area contributed by atoms with E-state index < -0.39 is 0 Å². The maximum atomic E-state index is 12.8. The normalized spacial score (nSPS) is 17.3. The van der Waals surface area contributed by atoms with Gasteiger partial charge in [0.2, 0.25) is 0 Å². The molecule has 1 atom stereocenters. The molecule has 0 spiro atoms. The van der Waals surface area contributed by atoms with Crippen LogP contribution in [0.4, 0.5) is 0 Å². The van der Waals surface area contributed by atoms with Crippen LogP contribution in [0, 0.1) is 0 Å². The quantitative estimate of drug-likeness (QED) is 0.664. The van der Waals surface area contributed by atoms with Crippen molar-refractivity contribution in [3.63, 3.8) is 0 Å². The number of halogens is 1. The Morgan fingerprint density at radius 3 is 2.79 bits per heavy atom. The van der Waals surface area contributed by atoms with E-state index in [0.29, 0.717) is 34.5 Å². The number of amides is 1. The predicted octanol–water partition coefficient (Wildman–Crippen LogP) is 3.58. The van der Waals surface area contributed by atoms with Gasteiger partial charge in [-0.15, -0.1) is 5.10 Å². The van der Waals surface area contributed by atoms with Crippen molar-refractivity contribution in [2.24, 2.45) is 0 Å². The lowest BCUT2D eigenvalue weighted by Gasteiger charge is -2.32. The zero-order chi connectivity index (χ0) is 19.7. The Morgan fingerprint density at radius 2 is 2.07 bits per heavy atom. The summed E-state index contributed by atoms with van der Waals surface area (Å²) in [6.07, 6.45) is 3.63. The summed E-state index contributed by atoms with van der Waals surface area (Å²) in [5.41, 5.74) is 1.18. The molecule has 1 aliphatic heterocycles. The number of carbonyl (C=O) groups is 1. The van der Waals surface area contributed by atoms with E-state index in [4.69, 9.17) is 16.1 Å². The van der Waals surface area contributed by atoms with Crippen LogP contribution >= 0.6 is 11.6 Å². The molecule has 1 fully saturated rings. The number of carbonyl (C=O) groups excluding carboxylic acids is 1. The lowest BCUT2D eigenvalue weighted by atomic mass is 10.0. The van der Waals surface area contributed by atoms with Gasteiger partial charge in [0, 0.05) is 29.6 Å². The van der Waals surface area contributed by atoms with Crippen LogP contribution < -0.4 is 0 Å². The Hall–Kier alpha value is -2.74. The van der Waals surface area contributed by atoms with Crippen LogP contribution in [0.2, 0.25) is 5.02 Å². The summed E-state index contributed by atoms with van der Waals surface area (Å²) in [6, 6.07) is 7.03.